The molecule has 3 atom stereocenters. The third-order valence-electron chi connectivity index (χ3n) is 4.00. The zero-order valence-corrected chi connectivity index (χ0v) is 9.33. The molecule has 1 aliphatic heterocycles. The molecule has 1 saturated heterocycles. The number of likely N-dealkylation sites (tertiary alicyclic amines) is 1. The number of carboxylic acids is 1. The van der Waals surface area contributed by atoms with E-state index >= 15 is 0 Å². The average Bonchev–Trinajstić information content (AvgIpc) is 2.61. The molecule has 0 aromatic heterocycles. The summed E-state index contributed by atoms with van der Waals surface area (Å²) < 4.78 is 27.2. The van der Waals surface area contributed by atoms with Gasteiger partial charge < -0.3 is 5.11 Å². The Balaban J connectivity index is 2.08. The van der Waals surface area contributed by atoms with Crippen LogP contribution in [-0.4, -0.2) is 41.0 Å². The molecule has 2 rings (SSSR count). The molecular formula is C11H17F2NO2. The van der Waals surface area contributed by atoms with Gasteiger partial charge in [0, 0.05) is 25.4 Å². The van der Waals surface area contributed by atoms with E-state index in [2.05, 4.69) is 0 Å². The highest BCUT2D eigenvalue weighted by atomic mass is 19.3. The highest BCUT2D eigenvalue weighted by Gasteiger charge is 2.52. The summed E-state index contributed by atoms with van der Waals surface area (Å²) in [7, 11) is 0. The van der Waals surface area contributed by atoms with Gasteiger partial charge in [0.05, 0.1) is 0 Å². The molecular weight excluding hydrogens is 216 g/mol. The number of fused-ring (bicyclic) bond motifs is 1. The fraction of sp³-hybridized carbons (Fsp3) is 0.909. The lowest BCUT2D eigenvalue weighted by atomic mass is 9.79. The molecule has 0 amide bonds. The first-order chi connectivity index (χ1) is 7.42. The number of carboxylic acid groups (broad SMARTS) is 1. The van der Waals surface area contributed by atoms with E-state index in [0.717, 1.165) is 6.42 Å². The normalized spacial score (nSPS) is 35.7. The van der Waals surface area contributed by atoms with Gasteiger partial charge in [-0.15, -0.1) is 0 Å². The molecule has 1 saturated carbocycles. The molecule has 0 unspecified atom stereocenters. The minimum Gasteiger partial charge on any atom is -0.480 e. The Bertz CT molecular complexity index is 296. The summed E-state index contributed by atoms with van der Waals surface area (Å²) in [6, 6.07) is -0.651. The summed E-state index contributed by atoms with van der Waals surface area (Å²) >= 11 is 0. The SMILES string of the molecule is C[C@H](C(=O)O)N1C[C@@H]2CCCC(F)(F)[C@H]2C1. The zero-order chi connectivity index (χ0) is 11.9. The van der Waals surface area contributed by atoms with Crippen LogP contribution in [0.5, 0.6) is 0 Å². The maximum absolute atomic E-state index is 13.6. The van der Waals surface area contributed by atoms with Crippen molar-refractivity contribution in [3.63, 3.8) is 0 Å². The number of hydrogen-bond donors (Lipinski definition) is 1. The van der Waals surface area contributed by atoms with Gasteiger partial charge >= 0.3 is 5.97 Å². The fourth-order valence-corrected chi connectivity index (χ4v) is 2.93. The van der Waals surface area contributed by atoms with Crippen LogP contribution < -0.4 is 0 Å². The van der Waals surface area contributed by atoms with Crippen LogP contribution in [0.1, 0.15) is 26.2 Å². The van der Waals surface area contributed by atoms with E-state index in [4.69, 9.17) is 5.11 Å². The lowest BCUT2D eigenvalue weighted by Gasteiger charge is -2.32. The lowest BCUT2D eigenvalue weighted by Crippen LogP contribution is -2.39. The van der Waals surface area contributed by atoms with Crippen LogP contribution in [0.15, 0.2) is 0 Å². The van der Waals surface area contributed by atoms with Gasteiger partial charge in [-0.25, -0.2) is 8.78 Å². The van der Waals surface area contributed by atoms with Crippen LogP contribution in [0.2, 0.25) is 0 Å². The molecule has 16 heavy (non-hydrogen) atoms. The van der Waals surface area contributed by atoms with Crippen molar-refractivity contribution < 1.29 is 18.7 Å². The van der Waals surface area contributed by atoms with Crippen molar-refractivity contribution in [1.29, 1.82) is 0 Å². The second-order valence-electron chi connectivity index (χ2n) is 4.99. The number of carbonyl (C=O) groups is 1. The molecule has 2 aliphatic rings. The largest absolute Gasteiger partial charge is 0.480 e. The maximum Gasteiger partial charge on any atom is 0.320 e. The van der Waals surface area contributed by atoms with Crippen molar-refractivity contribution in [1.82, 2.24) is 4.90 Å². The highest BCUT2D eigenvalue weighted by molar-refractivity contribution is 5.72. The number of aliphatic carboxylic acids is 1. The first kappa shape index (κ1) is 11.8. The summed E-state index contributed by atoms with van der Waals surface area (Å²) in [5, 5.41) is 8.88. The third-order valence-corrected chi connectivity index (χ3v) is 4.00. The van der Waals surface area contributed by atoms with Crippen LogP contribution in [0, 0.1) is 11.8 Å². The van der Waals surface area contributed by atoms with Crippen molar-refractivity contribution in [2.24, 2.45) is 11.8 Å². The van der Waals surface area contributed by atoms with Gasteiger partial charge in [0.1, 0.15) is 6.04 Å². The number of hydrogen-bond acceptors (Lipinski definition) is 2. The van der Waals surface area contributed by atoms with Gasteiger partial charge in [0.25, 0.3) is 5.92 Å². The molecule has 0 aromatic carbocycles. The van der Waals surface area contributed by atoms with Crippen molar-refractivity contribution >= 4 is 5.97 Å². The Morgan fingerprint density at radius 3 is 2.75 bits per heavy atom. The molecule has 1 aliphatic carbocycles. The molecule has 0 radical (unpaired) electrons. The quantitative estimate of drug-likeness (QED) is 0.791. The van der Waals surface area contributed by atoms with Gasteiger partial charge in [-0.2, -0.15) is 0 Å². The predicted octanol–water partition coefficient (Wildman–Crippen LogP) is 1.83. The third kappa shape index (κ3) is 1.93. The standard InChI is InChI=1S/C11H17F2NO2/c1-7(10(15)16)14-5-8-3-2-4-11(12,13)9(8)6-14/h7-9H,2-6H2,1H3,(H,15,16)/t7-,8+,9+/m1/s1. The minimum atomic E-state index is -2.60. The fourth-order valence-electron chi connectivity index (χ4n) is 2.93. The Morgan fingerprint density at radius 1 is 1.50 bits per heavy atom. The van der Waals surface area contributed by atoms with E-state index < -0.39 is 23.9 Å². The zero-order valence-electron chi connectivity index (χ0n) is 9.33. The van der Waals surface area contributed by atoms with Gasteiger partial charge in [-0.3, -0.25) is 9.69 Å². The first-order valence-corrected chi connectivity index (χ1v) is 5.76. The Kier molecular flexibility index (Phi) is 2.90. The Hall–Kier alpha value is -0.710. The summed E-state index contributed by atoms with van der Waals surface area (Å²) in [6.07, 6.45) is 1.33. The van der Waals surface area contributed by atoms with Crippen LogP contribution in [0.4, 0.5) is 8.78 Å². The van der Waals surface area contributed by atoms with E-state index in [1.54, 1.807) is 11.8 Å². The van der Waals surface area contributed by atoms with E-state index in [9.17, 15) is 13.6 Å². The van der Waals surface area contributed by atoms with Crippen LogP contribution >= 0.6 is 0 Å². The maximum atomic E-state index is 13.6. The summed E-state index contributed by atoms with van der Waals surface area (Å²) in [5.41, 5.74) is 0. The van der Waals surface area contributed by atoms with Gasteiger partial charge in [0.15, 0.2) is 0 Å². The van der Waals surface area contributed by atoms with Gasteiger partial charge in [-0.1, -0.05) is 0 Å². The van der Waals surface area contributed by atoms with Crippen LogP contribution in [-0.2, 0) is 4.79 Å². The number of halogens is 2. The summed E-state index contributed by atoms with van der Waals surface area (Å²) in [6.45, 7) is 2.30. The number of rotatable bonds is 2. The molecule has 0 spiro atoms. The second-order valence-corrected chi connectivity index (χ2v) is 4.99. The highest BCUT2D eigenvalue weighted by Crippen LogP contribution is 2.46. The van der Waals surface area contributed by atoms with E-state index in [-0.39, 0.29) is 18.9 Å². The molecule has 3 nitrogen and oxygen atoms in total. The molecule has 92 valence electrons. The van der Waals surface area contributed by atoms with Crippen molar-refractivity contribution in [3.8, 4) is 0 Å². The summed E-state index contributed by atoms with van der Waals surface area (Å²) in [4.78, 5) is 12.5. The van der Waals surface area contributed by atoms with Crippen molar-refractivity contribution in [2.75, 3.05) is 13.1 Å². The first-order valence-electron chi connectivity index (χ1n) is 5.76. The average molecular weight is 233 g/mol. The predicted molar refractivity (Wildman–Crippen MR) is 54.4 cm³/mol. The van der Waals surface area contributed by atoms with Crippen molar-refractivity contribution in [2.45, 2.75) is 38.2 Å². The molecule has 2 fully saturated rings. The smallest absolute Gasteiger partial charge is 0.320 e. The molecule has 0 aromatic rings. The number of alkyl halides is 2. The van der Waals surface area contributed by atoms with E-state index in [1.165, 1.54) is 0 Å². The topological polar surface area (TPSA) is 40.5 Å². The monoisotopic (exact) mass is 233 g/mol. The Morgan fingerprint density at radius 2 is 2.19 bits per heavy atom. The number of nitrogens with zero attached hydrogens (tertiary/aromatic N) is 1. The van der Waals surface area contributed by atoms with Crippen molar-refractivity contribution in [3.05, 3.63) is 0 Å². The summed E-state index contributed by atoms with van der Waals surface area (Å²) in [5.74, 6) is -4.19. The molecule has 0 bridgehead atoms. The van der Waals surface area contributed by atoms with E-state index in [0.29, 0.717) is 13.0 Å². The second kappa shape index (κ2) is 3.95. The molecule has 1 heterocycles. The molecule has 5 heteroatoms. The van der Waals surface area contributed by atoms with E-state index in [1.807, 2.05) is 0 Å². The minimum absolute atomic E-state index is 0.0226. The van der Waals surface area contributed by atoms with Gasteiger partial charge in [0.2, 0.25) is 0 Å². The van der Waals surface area contributed by atoms with Gasteiger partial charge in [-0.05, 0) is 25.7 Å². The Labute approximate surface area is 93.4 Å². The van der Waals surface area contributed by atoms with Crippen LogP contribution in [0.25, 0.3) is 0 Å². The van der Waals surface area contributed by atoms with Crippen LogP contribution in [0.3, 0.4) is 0 Å². The lowest BCUT2D eigenvalue weighted by molar-refractivity contribution is -0.142. The molecule has 1 N–H and O–H groups in total.